The molecule has 0 unspecified atom stereocenters. The Balaban J connectivity index is 1.81. The number of anilines is 2. The van der Waals surface area contributed by atoms with Gasteiger partial charge in [-0.3, -0.25) is 4.79 Å². The lowest BCUT2D eigenvalue weighted by molar-refractivity contribution is 0.102. The average molecular weight is 297 g/mol. The Labute approximate surface area is 125 Å². The Hall–Kier alpha value is -3.15. The number of oxazole rings is 1. The normalized spacial score (nSPS) is 10.4. The second-order valence-electron chi connectivity index (χ2n) is 4.59. The third-order valence-corrected chi connectivity index (χ3v) is 3.02. The molecule has 0 atom stereocenters. The van der Waals surface area contributed by atoms with Crippen molar-refractivity contribution >= 4 is 17.3 Å². The van der Waals surface area contributed by atoms with Crippen LogP contribution in [0.15, 0.2) is 59.2 Å². The molecule has 22 heavy (non-hydrogen) atoms. The first-order valence-corrected chi connectivity index (χ1v) is 6.51. The van der Waals surface area contributed by atoms with E-state index in [0.717, 1.165) is 11.6 Å². The van der Waals surface area contributed by atoms with Crippen molar-refractivity contribution in [1.82, 2.24) is 4.98 Å². The Kier molecular flexibility index (Phi) is 3.57. The summed E-state index contributed by atoms with van der Waals surface area (Å²) in [7, 11) is 0. The van der Waals surface area contributed by atoms with Crippen molar-refractivity contribution in [2.75, 3.05) is 11.1 Å². The standard InChI is InChI=1S/C16H12FN3O2/c17-11-6-7-12(18)13(8-11)19-15(21)14-9-22-16(20-14)10-4-2-1-3-5-10/h1-9H,18H2,(H,19,21). The summed E-state index contributed by atoms with van der Waals surface area (Å²) in [4.78, 5) is 16.2. The largest absolute Gasteiger partial charge is 0.444 e. The predicted octanol–water partition coefficient (Wildman–Crippen LogP) is 3.32. The minimum absolute atomic E-state index is 0.0857. The molecule has 1 aromatic heterocycles. The van der Waals surface area contributed by atoms with Crippen LogP contribution in [0.5, 0.6) is 0 Å². The molecule has 0 aliphatic carbocycles. The van der Waals surface area contributed by atoms with E-state index in [1.165, 1.54) is 18.4 Å². The van der Waals surface area contributed by atoms with E-state index < -0.39 is 11.7 Å². The van der Waals surface area contributed by atoms with E-state index in [-0.39, 0.29) is 17.1 Å². The molecular weight excluding hydrogens is 285 g/mol. The molecule has 0 aliphatic heterocycles. The quantitative estimate of drug-likeness (QED) is 0.727. The SMILES string of the molecule is Nc1ccc(F)cc1NC(=O)c1coc(-c2ccccc2)n1. The van der Waals surface area contributed by atoms with E-state index >= 15 is 0 Å². The molecule has 3 N–H and O–H groups in total. The predicted molar refractivity (Wildman–Crippen MR) is 80.7 cm³/mol. The van der Waals surface area contributed by atoms with Crippen LogP contribution in [0.3, 0.4) is 0 Å². The first-order valence-electron chi connectivity index (χ1n) is 6.51. The molecule has 1 heterocycles. The van der Waals surface area contributed by atoms with Crippen molar-refractivity contribution in [2.24, 2.45) is 0 Å². The van der Waals surface area contributed by atoms with E-state index in [9.17, 15) is 9.18 Å². The molecule has 0 radical (unpaired) electrons. The highest BCUT2D eigenvalue weighted by Gasteiger charge is 2.14. The molecule has 3 rings (SSSR count). The molecule has 0 saturated carbocycles. The summed E-state index contributed by atoms with van der Waals surface area (Å²) in [5.41, 5.74) is 6.98. The first-order chi connectivity index (χ1) is 10.6. The summed E-state index contributed by atoms with van der Waals surface area (Å²) in [6, 6.07) is 12.9. The number of aromatic nitrogens is 1. The fourth-order valence-electron chi connectivity index (χ4n) is 1.91. The fourth-order valence-corrected chi connectivity index (χ4v) is 1.91. The van der Waals surface area contributed by atoms with E-state index in [4.69, 9.17) is 10.2 Å². The van der Waals surface area contributed by atoms with Crippen molar-refractivity contribution in [2.45, 2.75) is 0 Å². The van der Waals surface area contributed by atoms with Crippen molar-refractivity contribution in [3.8, 4) is 11.5 Å². The zero-order chi connectivity index (χ0) is 15.5. The highest BCUT2D eigenvalue weighted by molar-refractivity contribution is 6.04. The zero-order valence-corrected chi connectivity index (χ0v) is 11.4. The number of halogens is 1. The van der Waals surface area contributed by atoms with Crippen molar-refractivity contribution < 1.29 is 13.6 Å². The van der Waals surface area contributed by atoms with Gasteiger partial charge in [0.2, 0.25) is 5.89 Å². The van der Waals surface area contributed by atoms with Gasteiger partial charge >= 0.3 is 0 Å². The molecule has 0 aliphatic rings. The molecular formula is C16H12FN3O2. The molecule has 2 aromatic carbocycles. The van der Waals surface area contributed by atoms with Crippen molar-refractivity contribution in [3.63, 3.8) is 0 Å². The number of rotatable bonds is 3. The number of benzene rings is 2. The zero-order valence-electron chi connectivity index (χ0n) is 11.4. The van der Waals surface area contributed by atoms with Crippen LogP contribution >= 0.6 is 0 Å². The highest BCUT2D eigenvalue weighted by Crippen LogP contribution is 2.21. The smallest absolute Gasteiger partial charge is 0.277 e. The van der Waals surface area contributed by atoms with Crippen LogP contribution in [0.1, 0.15) is 10.5 Å². The number of carbonyl (C=O) groups is 1. The minimum atomic E-state index is -0.525. The summed E-state index contributed by atoms with van der Waals surface area (Å²) in [6.45, 7) is 0. The van der Waals surface area contributed by atoms with Gasteiger partial charge in [0.25, 0.3) is 5.91 Å². The molecule has 5 nitrogen and oxygen atoms in total. The van der Waals surface area contributed by atoms with Crippen molar-refractivity contribution in [1.29, 1.82) is 0 Å². The van der Waals surface area contributed by atoms with Crippen LogP contribution < -0.4 is 11.1 Å². The monoisotopic (exact) mass is 297 g/mol. The number of carbonyl (C=O) groups excluding carboxylic acids is 1. The number of amides is 1. The molecule has 0 bridgehead atoms. The van der Waals surface area contributed by atoms with Gasteiger partial charge in [-0.1, -0.05) is 18.2 Å². The third kappa shape index (κ3) is 2.80. The second-order valence-corrected chi connectivity index (χ2v) is 4.59. The van der Waals surface area contributed by atoms with Crippen molar-refractivity contribution in [3.05, 3.63) is 66.3 Å². The Morgan fingerprint density at radius 2 is 1.95 bits per heavy atom. The number of hydrogen-bond donors (Lipinski definition) is 2. The van der Waals surface area contributed by atoms with Crippen LogP contribution in [-0.2, 0) is 0 Å². The van der Waals surface area contributed by atoms with Gasteiger partial charge in [0.1, 0.15) is 12.1 Å². The summed E-state index contributed by atoms with van der Waals surface area (Å²) in [5.74, 6) is -0.684. The maximum Gasteiger partial charge on any atom is 0.277 e. The average Bonchev–Trinajstić information content (AvgIpc) is 3.02. The molecule has 3 aromatic rings. The number of nitrogens with zero attached hydrogens (tertiary/aromatic N) is 1. The van der Waals surface area contributed by atoms with Crippen LogP contribution in [0, 0.1) is 5.82 Å². The van der Waals surface area contributed by atoms with Gasteiger partial charge in [-0.15, -0.1) is 0 Å². The van der Waals surface area contributed by atoms with Crippen LogP contribution in [-0.4, -0.2) is 10.9 Å². The highest BCUT2D eigenvalue weighted by atomic mass is 19.1. The van der Waals surface area contributed by atoms with E-state index in [2.05, 4.69) is 10.3 Å². The topological polar surface area (TPSA) is 81.1 Å². The number of nitrogens with one attached hydrogen (secondary N) is 1. The summed E-state index contributed by atoms with van der Waals surface area (Å²) >= 11 is 0. The third-order valence-electron chi connectivity index (χ3n) is 3.02. The van der Waals surface area contributed by atoms with Gasteiger partial charge < -0.3 is 15.5 Å². The van der Waals surface area contributed by atoms with Crippen LogP contribution in [0.25, 0.3) is 11.5 Å². The van der Waals surface area contributed by atoms with Crippen LogP contribution in [0.4, 0.5) is 15.8 Å². The first kappa shape index (κ1) is 13.8. The van der Waals surface area contributed by atoms with Gasteiger partial charge in [-0.2, -0.15) is 0 Å². The van der Waals surface area contributed by atoms with Gasteiger partial charge in [0.05, 0.1) is 11.4 Å². The van der Waals surface area contributed by atoms with E-state index in [1.54, 1.807) is 0 Å². The number of nitrogens with two attached hydrogens (primary N) is 1. The molecule has 0 saturated heterocycles. The molecule has 6 heteroatoms. The molecule has 1 amide bonds. The summed E-state index contributed by atoms with van der Waals surface area (Å²) in [5, 5.41) is 2.51. The molecule has 110 valence electrons. The van der Waals surface area contributed by atoms with Gasteiger partial charge in [0.15, 0.2) is 5.69 Å². The lowest BCUT2D eigenvalue weighted by atomic mass is 10.2. The molecule has 0 fully saturated rings. The summed E-state index contributed by atoms with van der Waals surface area (Å²) < 4.78 is 18.5. The van der Waals surface area contributed by atoms with E-state index in [1.807, 2.05) is 30.3 Å². The fraction of sp³-hybridized carbons (Fsp3) is 0. The minimum Gasteiger partial charge on any atom is -0.444 e. The summed E-state index contributed by atoms with van der Waals surface area (Å²) in [6.07, 6.45) is 1.24. The number of nitrogen functional groups attached to an aromatic ring is 1. The van der Waals surface area contributed by atoms with Gasteiger partial charge in [0, 0.05) is 5.56 Å². The lowest BCUT2D eigenvalue weighted by Crippen LogP contribution is -2.13. The van der Waals surface area contributed by atoms with E-state index in [0.29, 0.717) is 5.89 Å². The maximum absolute atomic E-state index is 13.2. The number of hydrogen-bond acceptors (Lipinski definition) is 4. The lowest BCUT2D eigenvalue weighted by Gasteiger charge is -2.06. The van der Waals surface area contributed by atoms with Gasteiger partial charge in [-0.25, -0.2) is 9.37 Å². The second kappa shape index (κ2) is 5.69. The Bertz CT molecular complexity index is 815. The van der Waals surface area contributed by atoms with Gasteiger partial charge in [-0.05, 0) is 30.3 Å². The maximum atomic E-state index is 13.2. The molecule has 0 spiro atoms. The Morgan fingerprint density at radius 3 is 2.73 bits per heavy atom. The Morgan fingerprint density at radius 1 is 1.18 bits per heavy atom. The van der Waals surface area contributed by atoms with Crippen LogP contribution in [0.2, 0.25) is 0 Å².